The summed E-state index contributed by atoms with van der Waals surface area (Å²) in [7, 11) is 2.05. The highest BCUT2D eigenvalue weighted by Crippen LogP contribution is 2.32. The van der Waals surface area contributed by atoms with Crippen molar-refractivity contribution >= 4 is 17.7 Å². The quantitative estimate of drug-likeness (QED) is 0.759. The zero-order valence-corrected chi connectivity index (χ0v) is 10.4. The minimum Gasteiger partial charge on any atom is -0.481 e. The molecule has 0 aromatic heterocycles. The first-order valence-electron chi connectivity index (χ1n) is 5.67. The molecule has 15 heavy (non-hydrogen) atoms. The molecular weight excluding hydrogens is 210 g/mol. The summed E-state index contributed by atoms with van der Waals surface area (Å²) in [5, 5.41) is 9.41. The Bertz CT molecular complexity index is 211. The highest BCUT2D eigenvalue weighted by atomic mass is 32.2. The van der Waals surface area contributed by atoms with Gasteiger partial charge in [0.05, 0.1) is 6.42 Å². The van der Waals surface area contributed by atoms with E-state index >= 15 is 0 Å². The molecule has 1 rings (SSSR count). The number of rotatable bonds is 6. The van der Waals surface area contributed by atoms with Crippen molar-refractivity contribution < 1.29 is 9.90 Å². The van der Waals surface area contributed by atoms with E-state index in [0.29, 0.717) is 12.6 Å². The summed E-state index contributed by atoms with van der Waals surface area (Å²) in [4.78, 5) is 12.7. The van der Waals surface area contributed by atoms with Gasteiger partial charge in [0.15, 0.2) is 0 Å². The first kappa shape index (κ1) is 12.8. The second-order valence-corrected chi connectivity index (χ2v) is 5.75. The van der Waals surface area contributed by atoms with Crippen LogP contribution in [0.15, 0.2) is 0 Å². The normalized spacial score (nSPS) is 26.1. The van der Waals surface area contributed by atoms with Crippen molar-refractivity contribution in [3.63, 3.8) is 0 Å². The third kappa shape index (κ3) is 4.43. The summed E-state index contributed by atoms with van der Waals surface area (Å²) >= 11 is 2.04. The Morgan fingerprint density at radius 3 is 2.87 bits per heavy atom. The van der Waals surface area contributed by atoms with E-state index in [1.54, 1.807) is 0 Å². The Balaban J connectivity index is 2.23. The monoisotopic (exact) mass is 231 g/mol. The molecule has 4 heteroatoms. The van der Waals surface area contributed by atoms with Crippen LogP contribution in [-0.2, 0) is 4.79 Å². The summed E-state index contributed by atoms with van der Waals surface area (Å²) in [5.74, 6) is 0.496. The minimum absolute atomic E-state index is 0.262. The number of nitrogens with zero attached hydrogens (tertiary/aromatic N) is 1. The SMILES string of the molecule is CCS[C@@H]1CC[C@H](N(C)CCC(=O)O)C1. The molecule has 0 radical (unpaired) electrons. The third-order valence-electron chi connectivity index (χ3n) is 3.06. The molecule has 0 amide bonds. The first-order valence-corrected chi connectivity index (χ1v) is 6.72. The molecule has 0 aliphatic heterocycles. The lowest BCUT2D eigenvalue weighted by Crippen LogP contribution is -2.31. The fraction of sp³-hybridized carbons (Fsp3) is 0.909. The van der Waals surface area contributed by atoms with Gasteiger partial charge in [0, 0.05) is 17.8 Å². The van der Waals surface area contributed by atoms with Crippen LogP contribution in [-0.4, -0.2) is 46.6 Å². The predicted molar refractivity (Wildman–Crippen MR) is 64.4 cm³/mol. The molecule has 1 fully saturated rings. The summed E-state index contributed by atoms with van der Waals surface area (Å²) in [6.07, 6.45) is 4.02. The fourth-order valence-electron chi connectivity index (χ4n) is 2.16. The van der Waals surface area contributed by atoms with Crippen molar-refractivity contribution in [1.82, 2.24) is 4.90 Å². The van der Waals surface area contributed by atoms with Gasteiger partial charge in [-0.25, -0.2) is 0 Å². The standard InChI is InChI=1S/C11H21NO2S/c1-3-15-10-5-4-9(8-10)12(2)7-6-11(13)14/h9-10H,3-8H2,1-2H3,(H,13,14)/t9-,10+/m0/s1. The van der Waals surface area contributed by atoms with E-state index in [0.717, 1.165) is 5.25 Å². The van der Waals surface area contributed by atoms with Gasteiger partial charge in [-0.2, -0.15) is 11.8 Å². The highest BCUT2D eigenvalue weighted by molar-refractivity contribution is 7.99. The van der Waals surface area contributed by atoms with E-state index in [1.807, 2.05) is 18.8 Å². The molecular formula is C11H21NO2S. The van der Waals surface area contributed by atoms with Gasteiger partial charge in [0.25, 0.3) is 0 Å². The van der Waals surface area contributed by atoms with Crippen molar-refractivity contribution in [2.45, 2.75) is 43.9 Å². The molecule has 88 valence electrons. The van der Waals surface area contributed by atoms with E-state index < -0.39 is 5.97 Å². The van der Waals surface area contributed by atoms with Crippen LogP contribution in [0.1, 0.15) is 32.6 Å². The van der Waals surface area contributed by atoms with E-state index in [2.05, 4.69) is 11.8 Å². The topological polar surface area (TPSA) is 40.5 Å². The van der Waals surface area contributed by atoms with Gasteiger partial charge in [0.2, 0.25) is 0 Å². The van der Waals surface area contributed by atoms with Gasteiger partial charge < -0.3 is 10.0 Å². The number of aliphatic carboxylic acids is 1. The molecule has 0 bridgehead atoms. The fourth-order valence-corrected chi connectivity index (χ4v) is 3.29. The van der Waals surface area contributed by atoms with E-state index in [-0.39, 0.29) is 6.42 Å². The van der Waals surface area contributed by atoms with E-state index in [9.17, 15) is 4.79 Å². The van der Waals surface area contributed by atoms with Crippen LogP contribution in [0.2, 0.25) is 0 Å². The average Bonchev–Trinajstić information content (AvgIpc) is 2.63. The summed E-state index contributed by atoms with van der Waals surface area (Å²) in [6, 6.07) is 0.605. The van der Waals surface area contributed by atoms with Crippen molar-refractivity contribution in [3.05, 3.63) is 0 Å². The Morgan fingerprint density at radius 2 is 2.27 bits per heavy atom. The molecule has 0 unspecified atom stereocenters. The van der Waals surface area contributed by atoms with Gasteiger partial charge in [-0.05, 0) is 32.1 Å². The molecule has 0 aromatic rings. The Labute approximate surface area is 96.2 Å². The second-order valence-electron chi connectivity index (χ2n) is 4.17. The molecule has 1 aliphatic rings. The molecule has 0 heterocycles. The molecule has 0 aromatic carbocycles. The van der Waals surface area contributed by atoms with E-state index in [4.69, 9.17) is 5.11 Å². The maximum absolute atomic E-state index is 10.5. The van der Waals surface area contributed by atoms with Crippen LogP contribution < -0.4 is 0 Å². The van der Waals surface area contributed by atoms with Crippen LogP contribution >= 0.6 is 11.8 Å². The smallest absolute Gasteiger partial charge is 0.304 e. The molecule has 2 atom stereocenters. The highest BCUT2D eigenvalue weighted by Gasteiger charge is 2.27. The van der Waals surface area contributed by atoms with Crippen LogP contribution in [0.4, 0.5) is 0 Å². The molecule has 0 saturated heterocycles. The third-order valence-corrected chi connectivity index (χ3v) is 4.29. The van der Waals surface area contributed by atoms with Crippen molar-refractivity contribution in [1.29, 1.82) is 0 Å². The first-order chi connectivity index (χ1) is 7.13. The lowest BCUT2D eigenvalue weighted by atomic mass is 10.2. The van der Waals surface area contributed by atoms with E-state index in [1.165, 1.54) is 25.0 Å². The number of carboxylic acid groups (broad SMARTS) is 1. The van der Waals surface area contributed by atoms with Gasteiger partial charge in [-0.15, -0.1) is 0 Å². The Kier molecular flexibility index (Phi) is 5.47. The second kappa shape index (κ2) is 6.38. The zero-order chi connectivity index (χ0) is 11.3. The van der Waals surface area contributed by atoms with Crippen LogP contribution in [0.5, 0.6) is 0 Å². The van der Waals surface area contributed by atoms with Crippen molar-refractivity contribution in [2.75, 3.05) is 19.3 Å². The molecule has 1 aliphatic carbocycles. The Morgan fingerprint density at radius 1 is 1.53 bits per heavy atom. The lowest BCUT2D eigenvalue weighted by molar-refractivity contribution is -0.137. The van der Waals surface area contributed by atoms with Gasteiger partial charge in [0.1, 0.15) is 0 Å². The van der Waals surface area contributed by atoms with Crippen LogP contribution in [0.25, 0.3) is 0 Å². The largest absolute Gasteiger partial charge is 0.481 e. The molecule has 1 N–H and O–H groups in total. The number of hydrogen-bond donors (Lipinski definition) is 1. The van der Waals surface area contributed by atoms with Gasteiger partial charge >= 0.3 is 5.97 Å². The maximum Gasteiger partial charge on any atom is 0.304 e. The predicted octanol–water partition coefficient (Wildman–Crippen LogP) is 2.07. The Hall–Kier alpha value is -0.220. The summed E-state index contributed by atoms with van der Waals surface area (Å²) in [6.45, 7) is 2.88. The van der Waals surface area contributed by atoms with Gasteiger partial charge in [-0.3, -0.25) is 4.79 Å². The van der Waals surface area contributed by atoms with Gasteiger partial charge in [-0.1, -0.05) is 6.92 Å². The number of carbonyl (C=O) groups is 1. The molecule has 3 nitrogen and oxygen atoms in total. The van der Waals surface area contributed by atoms with Crippen LogP contribution in [0.3, 0.4) is 0 Å². The lowest BCUT2D eigenvalue weighted by Gasteiger charge is -2.23. The number of carboxylic acids is 1. The van der Waals surface area contributed by atoms with Crippen molar-refractivity contribution in [3.8, 4) is 0 Å². The molecule has 1 saturated carbocycles. The summed E-state index contributed by atoms with van der Waals surface area (Å²) in [5.41, 5.74) is 0. The number of thioether (sulfide) groups is 1. The maximum atomic E-state index is 10.5. The van der Waals surface area contributed by atoms with Crippen LogP contribution in [0, 0.1) is 0 Å². The van der Waals surface area contributed by atoms with Crippen molar-refractivity contribution in [2.24, 2.45) is 0 Å². The number of hydrogen-bond acceptors (Lipinski definition) is 3. The molecule has 0 spiro atoms. The summed E-state index contributed by atoms with van der Waals surface area (Å²) < 4.78 is 0. The minimum atomic E-state index is -0.695. The average molecular weight is 231 g/mol. The zero-order valence-electron chi connectivity index (χ0n) is 9.61.